The molecule has 0 saturated heterocycles. The summed E-state index contributed by atoms with van der Waals surface area (Å²) in [6.07, 6.45) is 0. The van der Waals surface area contributed by atoms with E-state index in [0.29, 0.717) is 16.8 Å². The minimum atomic E-state index is -0.157. The highest BCUT2D eigenvalue weighted by Crippen LogP contribution is 2.20. The van der Waals surface area contributed by atoms with Crippen molar-refractivity contribution in [1.82, 2.24) is 0 Å². The second-order valence-corrected chi connectivity index (χ2v) is 6.27. The number of halogens is 1. The lowest BCUT2D eigenvalue weighted by Crippen LogP contribution is -2.11. The minimum Gasteiger partial charge on any atom is -0.355 e. The number of nitrogens with one attached hydrogen (secondary N) is 2. The number of rotatable bonds is 4. The first-order valence-electron chi connectivity index (χ1n) is 7.58. The van der Waals surface area contributed by atoms with Gasteiger partial charge in [0.1, 0.15) is 0 Å². The number of hydrogen-bond donors (Lipinski definition) is 2. The number of carbonyl (C=O) groups excluding carboxylic acids is 1. The van der Waals surface area contributed by atoms with Crippen LogP contribution < -0.4 is 10.6 Å². The Kier molecular flexibility index (Phi) is 5.12. The predicted octanol–water partition coefficient (Wildman–Crippen LogP) is 5.32. The Morgan fingerprint density at radius 3 is 2.24 bits per heavy atom. The molecular weight excluding hydrogens is 378 g/mol. The lowest BCUT2D eigenvalue weighted by molar-refractivity contribution is 0.102. The van der Waals surface area contributed by atoms with Gasteiger partial charge in [0.15, 0.2) is 0 Å². The van der Waals surface area contributed by atoms with Crippen LogP contribution in [0.15, 0.2) is 77.3 Å². The number of carbonyl (C=O) groups is 1. The van der Waals surface area contributed by atoms with E-state index in [4.69, 9.17) is 5.26 Å². The molecule has 3 rings (SSSR count). The number of nitriles is 1. The van der Waals surface area contributed by atoms with E-state index in [1.807, 2.05) is 48.5 Å². The standard InChI is InChI=1S/C20H14BrN3O/c21-16-6-4-15(5-7-16)20(25)24-18-10-8-17(9-11-18)23-19-3-1-2-14(12-19)13-22/h1-12,23H,(H,24,25). The van der Waals surface area contributed by atoms with Crippen molar-refractivity contribution in [2.24, 2.45) is 0 Å². The second-order valence-electron chi connectivity index (χ2n) is 5.36. The van der Waals surface area contributed by atoms with Crippen LogP contribution in [0.1, 0.15) is 15.9 Å². The second kappa shape index (κ2) is 7.65. The van der Waals surface area contributed by atoms with Crippen LogP contribution in [0, 0.1) is 11.3 Å². The smallest absolute Gasteiger partial charge is 0.255 e. The van der Waals surface area contributed by atoms with Gasteiger partial charge < -0.3 is 10.6 Å². The van der Waals surface area contributed by atoms with Gasteiger partial charge in [0, 0.05) is 27.1 Å². The maximum absolute atomic E-state index is 12.2. The summed E-state index contributed by atoms with van der Waals surface area (Å²) in [4.78, 5) is 12.2. The van der Waals surface area contributed by atoms with Crippen molar-refractivity contribution < 1.29 is 4.79 Å². The van der Waals surface area contributed by atoms with Crippen LogP contribution in [0.5, 0.6) is 0 Å². The van der Waals surface area contributed by atoms with Crippen LogP contribution in [0.3, 0.4) is 0 Å². The summed E-state index contributed by atoms with van der Waals surface area (Å²) >= 11 is 3.35. The maximum Gasteiger partial charge on any atom is 0.255 e. The molecule has 5 heteroatoms. The summed E-state index contributed by atoms with van der Waals surface area (Å²) in [6.45, 7) is 0. The maximum atomic E-state index is 12.2. The molecule has 0 aliphatic rings. The van der Waals surface area contributed by atoms with E-state index in [-0.39, 0.29) is 5.91 Å². The first-order valence-corrected chi connectivity index (χ1v) is 8.37. The van der Waals surface area contributed by atoms with Gasteiger partial charge in [0.2, 0.25) is 0 Å². The van der Waals surface area contributed by atoms with E-state index in [0.717, 1.165) is 15.8 Å². The normalized spacial score (nSPS) is 9.92. The molecule has 0 aliphatic carbocycles. The molecule has 0 saturated carbocycles. The molecule has 3 aromatic carbocycles. The quantitative estimate of drug-likeness (QED) is 0.632. The lowest BCUT2D eigenvalue weighted by Gasteiger charge is -2.09. The van der Waals surface area contributed by atoms with Crippen molar-refractivity contribution in [2.45, 2.75) is 0 Å². The molecule has 0 fully saturated rings. The van der Waals surface area contributed by atoms with Gasteiger partial charge in [-0.2, -0.15) is 5.26 Å². The van der Waals surface area contributed by atoms with E-state index >= 15 is 0 Å². The van der Waals surface area contributed by atoms with Gasteiger partial charge in [-0.25, -0.2) is 0 Å². The van der Waals surface area contributed by atoms with Gasteiger partial charge in [0.05, 0.1) is 11.6 Å². The molecule has 122 valence electrons. The predicted molar refractivity (Wildman–Crippen MR) is 103 cm³/mol. The van der Waals surface area contributed by atoms with Crippen molar-refractivity contribution in [3.63, 3.8) is 0 Å². The van der Waals surface area contributed by atoms with Gasteiger partial charge >= 0.3 is 0 Å². The number of nitrogens with zero attached hydrogens (tertiary/aromatic N) is 1. The van der Waals surface area contributed by atoms with E-state index in [9.17, 15) is 4.79 Å². The summed E-state index contributed by atoms with van der Waals surface area (Å²) in [5, 5.41) is 15.0. The van der Waals surface area contributed by atoms with Crippen LogP contribution in [-0.2, 0) is 0 Å². The molecule has 4 nitrogen and oxygen atoms in total. The minimum absolute atomic E-state index is 0.157. The molecule has 1 amide bonds. The highest BCUT2D eigenvalue weighted by Gasteiger charge is 2.06. The number of hydrogen-bond acceptors (Lipinski definition) is 3. The first kappa shape index (κ1) is 16.7. The van der Waals surface area contributed by atoms with Crippen LogP contribution in [0.25, 0.3) is 0 Å². The summed E-state index contributed by atoms with van der Waals surface area (Å²) in [5.41, 5.74) is 3.62. The van der Waals surface area contributed by atoms with Crippen molar-refractivity contribution in [1.29, 1.82) is 5.26 Å². The van der Waals surface area contributed by atoms with Crippen molar-refractivity contribution >= 4 is 38.9 Å². The number of anilines is 3. The van der Waals surface area contributed by atoms with Gasteiger partial charge in [-0.15, -0.1) is 0 Å². The Labute approximate surface area is 154 Å². The van der Waals surface area contributed by atoms with Gasteiger partial charge in [-0.1, -0.05) is 22.0 Å². The Morgan fingerprint density at radius 1 is 0.880 bits per heavy atom. The monoisotopic (exact) mass is 391 g/mol. The summed E-state index contributed by atoms with van der Waals surface area (Å²) in [7, 11) is 0. The highest BCUT2D eigenvalue weighted by atomic mass is 79.9. The lowest BCUT2D eigenvalue weighted by atomic mass is 10.2. The average molecular weight is 392 g/mol. The molecule has 0 radical (unpaired) electrons. The van der Waals surface area contributed by atoms with E-state index in [2.05, 4.69) is 32.6 Å². The molecular formula is C20H14BrN3O. The van der Waals surface area contributed by atoms with Gasteiger partial charge in [-0.3, -0.25) is 4.79 Å². The SMILES string of the molecule is N#Cc1cccc(Nc2ccc(NC(=O)c3ccc(Br)cc3)cc2)c1. The van der Waals surface area contributed by atoms with Crippen molar-refractivity contribution in [3.05, 3.63) is 88.4 Å². The fraction of sp³-hybridized carbons (Fsp3) is 0. The van der Waals surface area contributed by atoms with Crippen LogP contribution in [0.4, 0.5) is 17.1 Å². The molecule has 0 heterocycles. The van der Waals surface area contributed by atoms with Crippen molar-refractivity contribution in [3.8, 4) is 6.07 Å². The Balaban J connectivity index is 1.66. The van der Waals surface area contributed by atoms with Gasteiger partial charge in [-0.05, 0) is 66.7 Å². The van der Waals surface area contributed by atoms with Gasteiger partial charge in [0.25, 0.3) is 5.91 Å². The molecule has 3 aromatic rings. The largest absolute Gasteiger partial charge is 0.355 e. The number of amides is 1. The zero-order chi connectivity index (χ0) is 17.6. The molecule has 0 unspecified atom stereocenters. The topological polar surface area (TPSA) is 64.9 Å². The van der Waals surface area contributed by atoms with Crippen LogP contribution in [-0.4, -0.2) is 5.91 Å². The summed E-state index contributed by atoms with van der Waals surface area (Å²) in [6, 6.07) is 23.9. The number of benzene rings is 3. The molecule has 25 heavy (non-hydrogen) atoms. The molecule has 0 bridgehead atoms. The van der Waals surface area contributed by atoms with E-state index in [1.54, 1.807) is 24.3 Å². The molecule has 0 spiro atoms. The Hall–Kier alpha value is -3.10. The average Bonchev–Trinajstić information content (AvgIpc) is 2.64. The summed E-state index contributed by atoms with van der Waals surface area (Å²) in [5.74, 6) is -0.157. The zero-order valence-corrected chi connectivity index (χ0v) is 14.7. The van der Waals surface area contributed by atoms with Crippen LogP contribution >= 0.6 is 15.9 Å². The molecule has 0 aliphatic heterocycles. The summed E-state index contributed by atoms with van der Waals surface area (Å²) < 4.78 is 0.931. The third kappa shape index (κ3) is 4.46. The Bertz CT molecular complexity index is 928. The third-order valence-corrected chi connectivity index (χ3v) is 4.06. The molecule has 0 aromatic heterocycles. The third-order valence-electron chi connectivity index (χ3n) is 3.53. The highest BCUT2D eigenvalue weighted by molar-refractivity contribution is 9.10. The van der Waals surface area contributed by atoms with Crippen molar-refractivity contribution in [2.75, 3.05) is 10.6 Å². The fourth-order valence-electron chi connectivity index (χ4n) is 2.27. The zero-order valence-electron chi connectivity index (χ0n) is 13.2. The molecule has 2 N–H and O–H groups in total. The van der Waals surface area contributed by atoms with E-state index < -0.39 is 0 Å². The fourth-order valence-corrected chi connectivity index (χ4v) is 2.54. The van der Waals surface area contributed by atoms with E-state index in [1.165, 1.54) is 0 Å². The molecule has 0 atom stereocenters. The first-order chi connectivity index (χ1) is 12.1. The van der Waals surface area contributed by atoms with Crippen LogP contribution in [0.2, 0.25) is 0 Å². The Morgan fingerprint density at radius 2 is 1.56 bits per heavy atom.